The van der Waals surface area contributed by atoms with E-state index in [1.165, 1.54) is 6.07 Å². The number of unbranched alkanes of at least 4 members (excludes halogenated alkanes) is 1. The first kappa shape index (κ1) is 19.0. The summed E-state index contributed by atoms with van der Waals surface area (Å²) in [5.41, 5.74) is 1.57. The van der Waals surface area contributed by atoms with E-state index in [1.807, 2.05) is 6.92 Å². The van der Waals surface area contributed by atoms with Crippen molar-refractivity contribution < 1.29 is 19.4 Å². The van der Waals surface area contributed by atoms with E-state index in [-0.39, 0.29) is 18.0 Å². The molecule has 0 aromatic heterocycles. The number of carbonyl (C=O) groups is 1. The molecule has 0 saturated heterocycles. The number of nitro benzene ring substituents is 2. The fourth-order valence-electron chi connectivity index (χ4n) is 1.77. The number of nitro groups is 2. The summed E-state index contributed by atoms with van der Waals surface area (Å²) in [4.78, 5) is 32.1. The van der Waals surface area contributed by atoms with Gasteiger partial charge >= 0.3 is 11.7 Å². The van der Waals surface area contributed by atoms with Crippen molar-refractivity contribution in [3.05, 3.63) is 38.4 Å². The highest BCUT2D eigenvalue weighted by atomic mass is 16.6. The van der Waals surface area contributed by atoms with E-state index >= 15 is 0 Å². The van der Waals surface area contributed by atoms with E-state index in [9.17, 15) is 25.0 Å². The lowest BCUT2D eigenvalue weighted by Gasteiger charge is -2.07. The van der Waals surface area contributed by atoms with Gasteiger partial charge in [0.1, 0.15) is 11.4 Å². The Morgan fingerprint density at radius 1 is 1.25 bits per heavy atom. The van der Waals surface area contributed by atoms with E-state index in [2.05, 4.69) is 10.5 Å². The summed E-state index contributed by atoms with van der Waals surface area (Å²) >= 11 is 0. The minimum atomic E-state index is -0.763. The van der Waals surface area contributed by atoms with Gasteiger partial charge in [0.25, 0.3) is 5.69 Å². The molecule has 24 heavy (non-hydrogen) atoms. The summed E-state index contributed by atoms with van der Waals surface area (Å²) in [7, 11) is 0. The smallest absolute Gasteiger partial charge is 0.354 e. The zero-order valence-corrected chi connectivity index (χ0v) is 13.4. The average Bonchev–Trinajstić information content (AvgIpc) is 2.54. The highest BCUT2D eigenvalue weighted by Crippen LogP contribution is 2.28. The number of esters is 1. The molecule has 0 spiro atoms. The number of hydrazone groups is 1. The van der Waals surface area contributed by atoms with Gasteiger partial charge in [-0.1, -0.05) is 13.3 Å². The van der Waals surface area contributed by atoms with E-state index in [0.717, 1.165) is 18.6 Å². The molecule has 0 heterocycles. The molecule has 10 heteroatoms. The second-order valence-corrected chi connectivity index (χ2v) is 4.71. The van der Waals surface area contributed by atoms with E-state index in [1.54, 1.807) is 6.92 Å². The number of nitrogens with zero attached hydrogens (tertiary/aromatic N) is 3. The molecule has 1 rings (SSSR count). The van der Waals surface area contributed by atoms with Crippen LogP contribution in [0.2, 0.25) is 0 Å². The molecule has 1 aromatic carbocycles. The topological polar surface area (TPSA) is 137 Å². The largest absolute Gasteiger partial charge is 0.461 e. The summed E-state index contributed by atoms with van der Waals surface area (Å²) in [6, 6.07) is 3.11. The lowest BCUT2D eigenvalue weighted by Crippen LogP contribution is -2.19. The quantitative estimate of drug-likeness (QED) is 0.316. The van der Waals surface area contributed by atoms with Crippen molar-refractivity contribution in [1.29, 1.82) is 0 Å². The Bertz CT molecular complexity index is 659. The Morgan fingerprint density at radius 3 is 2.50 bits per heavy atom. The number of nitrogens with one attached hydrogen (secondary N) is 1. The first-order chi connectivity index (χ1) is 11.4. The van der Waals surface area contributed by atoms with Gasteiger partial charge in [-0.2, -0.15) is 5.10 Å². The number of rotatable bonds is 9. The Morgan fingerprint density at radius 2 is 1.96 bits per heavy atom. The molecular formula is C14H18N4O6. The number of anilines is 1. The molecule has 0 bridgehead atoms. The summed E-state index contributed by atoms with van der Waals surface area (Å²) in [6.45, 7) is 3.78. The van der Waals surface area contributed by atoms with Gasteiger partial charge in [-0.15, -0.1) is 0 Å². The maximum Gasteiger partial charge on any atom is 0.354 e. The van der Waals surface area contributed by atoms with Crippen LogP contribution in [-0.4, -0.2) is 28.1 Å². The van der Waals surface area contributed by atoms with Crippen molar-refractivity contribution in [3.63, 3.8) is 0 Å². The van der Waals surface area contributed by atoms with Crippen molar-refractivity contribution in [1.82, 2.24) is 0 Å². The number of ether oxygens (including phenoxy) is 1. The summed E-state index contributed by atoms with van der Waals surface area (Å²) < 4.78 is 4.88. The van der Waals surface area contributed by atoms with Crippen molar-refractivity contribution in [2.75, 3.05) is 12.0 Å². The third-order valence-corrected chi connectivity index (χ3v) is 2.98. The van der Waals surface area contributed by atoms with Gasteiger partial charge in [0.2, 0.25) is 0 Å². The summed E-state index contributed by atoms with van der Waals surface area (Å²) in [5.74, 6) is -0.608. The van der Waals surface area contributed by atoms with Gasteiger partial charge in [-0.25, -0.2) is 4.79 Å². The molecule has 1 N–H and O–H groups in total. The Labute approximate surface area is 137 Å². The number of benzene rings is 1. The second kappa shape index (κ2) is 9.18. The van der Waals surface area contributed by atoms with Crippen LogP contribution in [0.1, 0.15) is 33.1 Å². The molecule has 0 saturated carbocycles. The third kappa shape index (κ3) is 5.30. The van der Waals surface area contributed by atoms with E-state index < -0.39 is 27.2 Å². The van der Waals surface area contributed by atoms with Crippen LogP contribution in [0.4, 0.5) is 17.1 Å². The fraction of sp³-hybridized carbons (Fsp3) is 0.429. The van der Waals surface area contributed by atoms with Crippen LogP contribution in [0.3, 0.4) is 0 Å². The van der Waals surface area contributed by atoms with Crippen LogP contribution in [0.5, 0.6) is 0 Å². The monoisotopic (exact) mass is 338 g/mol. The summed E-state index contributed by atoms with van der Waals surface area (Å²) in [5, 5.41) is 25.6. The summed E-state index contributed by atoms with van der Waals surface area (Å²) in [6.07, 6.45) is 1.88. The molecule has 0 unspecified atom stereocenters. The third-order valence-electron chi connectivity index (χ3n) is 2.98. The number of carbonyl (C=O) groups excluding carboxylic acids is 1. The zero-order chi connectivity index (χ0) is 18.1. The molecule has 0 aliphatic rings. The molecular weight excluding hydrogens is 320 g/mol. The van der Waals surface area contributed by atoms with Gasteiger partial charge in [-0.05, 0) is 25.8 Å². The van der Waals surface area contributed by atoms with Gasteiger partial charge < -0.3 is 4.74 Å². The highest BCUT2D eigenvalue weighted by Gasteiger charge is 2.20. The lowest BCUT2D eigenvalue weighted by atomic mass is 10.2. The fourth-order valence-corrected chi connectivity index (χ4v) is 1.77. The predicted octanol–water partition coefficient (Wildman–Crippen LogP) is 3.02. The maximum absolute atomic E-state index is 11.8. The van der Waals surface area contributed by atoms with E-state index in [0.29, 0.717) is 12.8 Å². The van der Waals surface area contributed by atoms with Crippen LogP contribution in [-0.2, 0) is 9.53 Å². The second-order valence-electron chi connectivity index (χ2n) is 4.71. The van der Waals surface area contributed by atoms with Crippen molar-refractivity contribution in [2.45, 2.75) is 33.1 Å². The molecule has 0 fully saturated rings. The minimum absolute atomic E-state index is 0.0519. The van der Waals surface area contributed by atoms with Gasteiger partial charge in [0, 0.05) is 6.07 Å². The van der Waals surface area contributed by atoms with Gasteiger partial charge in [0.05, 0.1) is 22.5 Å². The van der Waals surface area contributed by atoms with Crippen LogP contribution in [0, 0.1) is 20.2 Å². The SMILES string of the molecule is CCCCC(=NNc1ccc([N+](=O)[O-])cc1[N+](=O)[O-])C(=O)OCC. The molecule has 0 atom stereocenters. The lowest BCUT2D eigenvalue weighted by molar-refractivity contribution is -0.393. The van der Waals surface area contributed by atoms with E-state index in [4.69, 9.17) is 4.74 Å². The molecule has 0 aliphatic carbocycles. The number of hydrogen-bond donors (Lipinski definition) is 1. The van der Waals surface area contributed by atoms with Crippen molar-refractivity contribution in [2.24, 2.45) is 5.10 Å². The molecule has 130 valence electrons. The number of hydrogen-bond acceptors (Lipinski definition) is 8. The Hall–Kier alpha value is -3.04. The van der Waals surface area contributed by atoms with Crippen LogP contribution < -0.4 is 5.43 Å². The highest BCUT2D eigenvalue weighted by molar-refractivity contribution is 6.36. The van der Waals surface area contributed by atoms with Crippen molar-refractivity contribution >= 4 is 28.7 Å². The first-order valence-electron chi connectivity index (χ1n) is 7.33. The Kier molecular flexibility index (Phi) is 7.27. The molecule has 1 aromatic rings. The van der Waals surface area contributed by atoms with Gasteiger partial charge in [0.15, 0.2) is 0 Å². The van der Waals surface area contributed by atoms with Gasteiger partial charge in [-0.3, -0.25) is 25.7 Å². The van der Waals surface area contributed by atoms with Crippen LogP contribution in [0.25, 0.3) is 0 Å². The molecule has 0 aliphatic heterocycles. The normalized spacial score (nSPS) is 11.0. The average molecular weight is 338 g/mol. The van der Waals surface area contributed by atoms with Crippen LogP contribution in [0.15, 0.2) is 23.3 Å². The molecule has 0 radical (unpaired) electrons. The standard InChI is InChI=1S/C14H18N4O6/c1-3-5-6-12(14(19)24-4-2)16-15-11-8-7-10(17(20)21)9-13(11)18(22)23/h7-9,15H,3-6H2,1-2H3. The van der Waals surface area contributed by atoms with Crippen molar-refractivity contribution in [3.8, 4) is 0 Å². The Balaban J connectivity index is 3.09. The molecule has 10 nitrogen and oxygen atoms in total. The maximum atomic E-state index is 11.8. The van der Waals surface area contributed by atoms with Crippen LogP contribution >= 0.6 is 0 Å². The predicted molar refractivity (Wildman–Crippen MR) is 87.0 cm³/mol. The zero-order valence-electron chi connectivity index (χ0n) is 13.4. The minimum Gasteiger partial charge on any atom is -0.461 e. The number of non-ortho nitro benzene ring substituents is 1. The first-order valence-corrected chi connectivity index (χ1v) is 7.33. The molecule has 0 amide bonds.